The molecule has 0 heterocycles. The molecule has 16 heavy (non-hydrogen) atoms. The van der Waals surface area contributed by atoms with Gasteiger partial charge in [0.05, 0.1) is 0 Å². The SMILES string of the molecule is CC1CCCC(S(=O)C2CCC(N)C2C)C1. The Labute approximate surface area is 102 Å². The van der Waals surface area contributed by atoms with Crippen molar-refractivity contribution in [2.45, 2.75) is 68.9 Å². The second kappa shape index (κ2) is 5.18. The van der Waals surface area contributed by atoms with Crippen molar-refractivity contribution in [1.29, 1.82) is 0 Å². The van der Waals surface area contributed by atoms with Crippen molar-refractivity contribution in [2.24, 2.45) is 17.6 Å². The Balaban J connectivity index is 1.96. The molecule has 0 radical (unpaired) electrons. The Morgan fingerprint density at radius 1 is 1.12 bits per heavy atom. The van der Waals surface area contributed by atoms with E-state index in [9.17, 15) is 4.21 Å². The monoisotopic (exact) mass is 243 g/mol. The lowest BCUT2D eigenvalue weighted by Crippen LogP contribution is -2.35. The van der Waals surface area contributed by atoms with Crippen LogP contribution in [0.25, 0.3) is 0 Å². The molecular formula is C13H25NOS. The van der Waals surface area contributed by atoms with Crippen molar-refractivity contribution >= 4 is 10.8 Å². The molecule has 6 atom stereocenters. The van der Waals surface area contributed by atoms with Crippen LogP contribution in [0.4, 0.5) is 0 Å². The van der Waals surface area contributed by atoms with Crippen molar-refractivity contribution in [3.05, 3.63) is 0 Å². The van der Waals surface area contributed by atoms with Gasteiger partial charge in [0.15, 0.2) is 0 Å². The first-order valence-corrected chi connectivity index (χ1v) is 8.02. The molecule has 0 aromatic carbocycles. The van der Waals surface area contributed by atoms with E-state index < -0.39 is 10.8 Å². The van der Waals surface area contributed by atoms with Crippen LogP contribution >= 0.6 is 0 Å². The van der Waals surface area contributed by atoms with Crippen molar-refractivity contribution in [2.75, 3.05) is 0 Å². The molecule has 2 aliphatic rings. The summed E-state index contributed by atoms with van der Waals surface area (Å²) in [4.78, 5) is 0. The van der Waals surface area contributed by atoms with Gasteiger partial charge in [-0.15, -0.1) is 0 Å². The first-order chi connectivity index (χ1) is 7.59. The van der Waals surface area contributed by atoms with Gasteiger partial charge in [0.1, 0.15) is 0 Å². The zero-order chi connectivity index (χ0) is 11.7. The van der Waals surface area contributed by atoms with E-state index in [4.69, 9.17) is 5.73 Å². The van der Waals surface area contributed by atoms with Crippen LogP contribution in [0.3, 0.4) is 0 Å². The Morgan fingerprint density at radius 3 is 2.44 bits per heavy atom. The molecule has 6 unspecified atom stereocenters. The molecule has 2 fully saturated rings. The van der Waals surface area contributed by atoms with Gasteiger partial charge in [-0.3, -0.25) is 4.21 Å². The Bertz CT molecular complexity index is 269. The maximum atomic E-state index is 12.6. The predicted molar refractivity (Wildman–Crippen MR) is 69.7 cm³/mol. The second-order valence-corrected chi connectivity index (χ2v) is 7.79. The Kier molecular flexibility index (Phi) is 4.06. The fourth-order valence-electron chi connectivity index (χ4n) is 3.32. The van der Waals surface area contributed by atoms with Crippen LogP contribution in [-0.4, -0.2) is 20.8 Å². The van der Waals surface area contributed by atoms with E-state index in [0.717, 1.165) is 18.8 Å². The molecule has 2 saturated carbocycles. The minimum absolute atomic E-state index is 0.287. The highest BCUT2D eigenvalue weighted by Crippen LogP contribution is 2.35. The van der Waals surface area contributed by atoms with Gasteiger partial charge in [-0.05, 0) is 37.5 Å². The number of hydrogen-bond donors (Lipinski definition) is 1. The molecule has 0 aliphatic heterocycles. The number of rotatable bonds is 2. The molecule has 3 heteroatoms. The zero-order valence-corrected chi connectivity index (χ0v) is 11.3. The summed E-state index contributed by atoms with van der Waals surface area (Å²) in [5.41, 5.74) is 6.03. The van der Waals surface area contributed by atoms with Crippen LogP contribution < -0.4 is 5.73 Å². The molecular weight excluding hydrogens is 218 g/mol. The zero-order valence-electron chi connectivity index (χ0n) is 10.5. The van der Waals surface area contributed by atoms with E-state index >= 15 is 0 Å². The maximum absolute atomic E-state index is 12.6. The molecule has 0 bridgehead atoms. The van der Waals surface area contributed by atoms with Gasteiger partial charge in [0.2, 0.25) is 0 Å². The van der Waals surface area contributed by atoms with Gasteiger partial charge in [-0.1, -0.05) is 26.7 Å². The fourth-order valence-corrected chi connectivity index (χ4v) is 5.73. The lowest BCUT2D eigenvalue weighted by atomic mass is 9.90. The average molecular weight is 243 g/mol. The third-order valence-corrected chi connectivity index (χ3v) is 6.91. The van der Waals surface area contributed by atoms with Gasteiger partial charge in [-0.2, -0.15) is 0 Å². The van der Waals surface area contributed by atoms with Crippen molar-refractivity contribution in [3.8, 4) is 0 Å². The van der Waals surface area contributed by atoms with Crippen LogP contribution in [0, 0.1) is 11.8 Å². The van der Waals surface area contributed by atoms with Gasteiger partial charge in [0, 0.05) is 27.3 Å². The molecule has 0 aromatic rings. The summed E-state index contributed by atoms with van der Waals surface area (Å²) in [6.45, 7) is 4.49. The highest BCUT2D eigenvalue weighted by Gasteiger charge is 2.38. The van der Waals surface area contributed by atoms with Gasteiger partial charge >= 0.3 is 0 Å². The average Bonchev–Trinajstić information content (AvgIpc) is 2.59. The summed E-state index contributed by atoms with van der Waals surface area (Å²) in [5, 5.41) is 0.840. The van der Waals surface area contributed by atoms with Crippen LogP contribution in [0.15, 0.2) is 0 Å². The molecule has 2 aliphatic carbocycles. The van der Waals surface area contributed by atoms with Gasteiger partial charge in [-0.25, -0.2) is 0 Å². The predicted octanol–water partition coefficient (Wildman–Crippen LogP) is 2.44. The highest BCUT2D eigenvalue weighted by atomic mass is 32.2. The summed E-state index contributed by atoms with van der Waals surface area (Å²) in [7, 11) is -0.633. The Hall–Kier alpha value is 0.110. The lowest BCUT2D eigenvalue weighted by molar-refractivity contribution is 0.386. The van der Waals surface area contributed by atoms with Crippen LogP contribution in [0.2, 0.25) is 0 Å². The summed E-state index contributed by atoms with van der Waals surface area (Å²) in [6.07, 6.45) is 7.10. The quantitative estimate of drug-likeness (QED) is 0.809. The molecule has 0 amide bonds. The van der Waals surface area contributed by atoms with Crippen LogP contribution in [0.1, 0.15) is 52.4 Å². The van der Waals surface area contributed by atoms with Crippen molar-refractivity contribution in [1.82, 2.24) is 0 Å². The first-order valence-electron chi connectivity index (χ1n) is 6.74. The molecule has 2 N–H and O–H groups in total. The summed E-state index contributed by atoms with van der Waals surface area (Å²) < 4.78 is 12.6. The van der Waals surface area contributed by atoms with Crippen molar-refractivity contribution in [3.63, 3.8) is 0 Å². The van der Waals surface area contributed by atoms with Crippen LogP contribution in [0.5, 0.6) is 0 Å². The third-order valence-electron chi connectivity index (χ3n) is 4.56. The summed E-state index contributed by atoms with van der Waals surface area (Å²) in [5.74, 6) is 1.23. The first kappa shape index (κ1) is 12.6. The van der Waals surface area contributed by atoms with Crippen LogP contribution in [-0.2, 0) is 10.8 Å². The molecule has 2 rings (SSSR count). The summed E-state index contributed by atoms with van der Waals surface area (Å²) in [6, 6.07) is 0.287. The third kappa shape index (κ3) is 2.51. The van der Waals surface area contributed by atoms with E-state index in [-0.39, 0.29) is 6.04 Å². The topological polar surface area (TPSA) is 43.1 Å². The highest BCUT2D eigenvalue weighted by molar-refractivity contribution is 7.86. The van der Waals surface area contributed by atoms with Gasteiger partial charge < -0.3 is 5.73 Å². The Morgan fingerprint density at radius 2 is 1.88 bits per heavy atom. The maximum Gasteiger partial charge on any atom is 0.0391 e. The summed E-state index contributed by atoms with van der Waals surface area (Å²) >= 11 is 0. The molecule has 0 aromatic heterocycles. The smallest absolute Gasteiger partial charge is 0.0391 e. The number of hydrogen-bond acceptors (Lipinski definition) is 2. The molecule has 0 spiro atoms. The van der Waals surface area contributed by atoms with Gasteiger partial charge in [0.25, 0.3) is 0 Å². The second-order valence-electron chi connectivity index (χ2n) is 5.86. The van der Waals surface area contributed by atoms with E-state index in [2.05, 4.69) is 13.8 Å². The number of nitrogens with two attached hydrogens (primary N) is 1. The van der Waals surface area contributed by atoms with E-state index in [1.807, 2.05) is 0 Å². The normalized spacial score (nSPS) is 46.8. The minimum atomic E-state index is -0.633. The van der Waals surface area contributed by atoms with E-state index in [0.29, 0.717) is 16.4 Å². The molecule has 2 nitrogen and oxygen atoms in total. The minimum Gasteiger partial charge on any atom is -0.327 e. The molecule has 0 saturated heterocycles. The largest absolute Gasteiger partial charge is 0.327 e. The molecule has 94 valence electrons. The standard InChI is InChI=1S/C13H25NOS/c1-9-4-3-5-11(8-9)16(15)13-7-6-12(14)10(13)2/h9-13H,3-8,14H2,1-2H3. The van der Waals surface area contributed by atoms with E-state index in [1.54, 1.807) is 0 Å². The fraction of sp³-hybridized carbons (Fsp3) is 1.00. The lowest BCUT2D eigenvalue weighted by Gasteiger charge is -2.29. The van der Waals surface area contributed by atoms with Crippen molar-refractivity contribution < 1.29 is 4.21 Å². The van der Waals surface area contributed by atoms with E-state index in [1.165, 1.54) is 25.7 Å².